The highest BCUT2D eigenvalue weighted by atomic mass is 16.7. The van der Waals surface area contributed by atoms with E-state index in [1.54, 1.807) is 0 Å². The van der Waals surface area contributed by atoms with Crippen molar-refractivity contribution in [1.82, 2.24) is 0 Å². The number of hydrogen-bond acceptors (Lipinski definition) is 13. The summed E-state index contributed by atoms with van der Waals surface area (Å²) in [6.45, 7) is -0.741. The van der Waals surface area contributed by atoms with Crippen molar-refractivity contribution in [1.29, 1.82) is 0 Å². The van der Waals surface area contributed by atoms with Crippen LogP contribution < -0.4 is 9.47 Å². The van der Waals surface area contributed by atoms with Gasteiger partial charge in [-0.3, -0.25) is 4.79 Å². The molecule has 0 saturated carbocycles. The number of ketones is 1. The molecule has 2 aromatic carbocycles. The van der Waals surface area contributed by atoms with Crippen LogP contribution in [-0.2, 0) is 9.47 Å². The third-order valence-electron chi connectivity index (χ3n) is 5.89. The molecule has 0 aromatic heterocycles. The summed E-state index contributed by atoms with van der Waals surface area (Å²) >= 11 is 0. The van der Waals surface area contributed by atoms with Crippen molar-refractivity contribution in [3.63, 3.8) is 0 Å². The Balaban J connectivity index is 1.79. The minimum absolute atomic E-state index is 0.115. The second-order valence-electron chi connectivity index (χ2n) is 8.06. The van der Waals surface area contributed by atoms with E-state index in [9.17, 15) is 45.6 Å². The number of carbonyl (C=O) groups excluding carboxylic acids is 1. The molecule has 1 fully saturated rings. The van der Waals surface area contributed by atoms with Crippen molar-refractivity contribution in [2.75, 3.05) is 13.7 Å². The van der Waals surface area contributed by atoms with Crippen molar-refractivity contribution >= 4 is 5.78 Å². The lowest BCUT2D eigenvalue weighted by Gasteiger charge is -2.42. The molecule has 0 spiro atoms. The number of phenols is 4. The van der Waals surface area contributed by atoms with Crippen molar-refractivity contribution in [3.05, 3.63) is 35.4 Å². The van der Waals surface area contributed by atoms with Gasteiger partial charge in [0.25, 0.3) is 0 Å². The molecule has 0 aliphatic carbocycles. The van der Waals surface area contributed by atoms with Crippen LogP contribution in [0.25, 0.3) is 0 Å². The first-order valence-electron chi connectivity index (χ1n) is 10.4. The predicted molar refractivity (Wildman–Crippen MR) is 112 cm³/mol. The van der Waals surface area contributed by atoms with Crippen LogP contribution in [0.1, 0.15) is 22.0 Å². The topological polar surface area (TPSA) is 216 Å². The fourth-order valence-electron chi connectivity index (χ4n) is 4.04. The standard InChI is InChI=1S/C22H24O13/c1-32-20-10(26)5-11-13(15(20)28)16(29)21(19(33-11)7-2-3-8(24)9(25)4-7)35-22-18(31)17(30)14(27)12(6-23)34-22/h2-5,12,14,17-19,21-28,30-31H,6H2,1H3/t12-,14-,17+,18-,19?,21?,22+/m1/s1. The van der Waals surface area contributed by atoms with E-state index in [2.05, 4.69) is 0 Å². The average Bonchev–Trinajstić information content (AvgIpc) is 2.82. The van der Waals surface area contributed by atoms with E-state index in [1.165, 1.54) is 6.07 Å². The summed E-state index contributed by atoms with van der Waals surface area (Å²) in [6.07, 6.45) is -11.4. The Labute approximate surface area is 197 Å². The fourth-order valence-corrected chi connectivity index (χ4v) is 4.04. The van der Waals surface area contributed by atoms with Crippen LogP contribution in [0.4, 0.5) is 0 Å². The Bertz CT molecular complexity index is 1120. The van der Waals surface area contributed by atoms with Crippen molar-refractivity contribution < 1.29 is 64.6 Å². The maximum Gasteiger partial charge on any atom is 0.203 e. The van der Waals surface area contributed by atoms with Gasteiger partial charge in [-0.2, -0.15) is 0 Å². The molecule has 2 aliphatic rings. The first-order valence-corrected chi connectivity index (χ1v) is 10.4. The Morgan fingerprint density at radius 1 is 0.943 bits per heavy atom. The number of benzene rings is 2. The number of hydrogen-bond donors (Lipinski definition) is 8. The Kier molecular flexibility index (Phi) is 6.64. The molecule has 0 bridgehead atoms. The number of phenolic OH excluding ortho intramolecular Hbond substituents is 4. The highest BCUT2D eigenvalue weighted by Crippen LogP contribution is 2.49. The second kappa shape index (κ2) is 9.37. The number of methoxy groups -OCH3 is 1. The van der Waals surface area contributed by atoms with E-state index in [-0.39, 0.29) is 11.3 Å². The summed E-state index contributed by atoms with van der Waals surface area (Å²) in [7, 11) is 1.15. The van der Waals surface area contributed by atoms with Crippen LogP contribution in [0.5, 0.6) is 34.5 Å². The summed E-state index contributed by atoms with van der Waals surface area (Å²) in [5.74, 6) is -3.85. The van der Waals surface area contributed by atoms with Crippen LogP contribution in [0, 0.1) is 0 Å². The number of carbonyl (C=O) groups is 1. The Hall–Kier alpha value is -3.33. The van der Waals surface area contributed by atoms with E-state index in [4.69, 9.17) is 18.9 Å². The third-order valence-corrected chi connectivity index (χ3v) is 5.89. The Morgan fingerprint density at radius 3 is 2.29 bits per heavy atom. The third kappa shape index (κ3) is 4.18. The van der Waals surface area contributed by atoms with E-state index in [0.717, 1.165) is 25.3 Å². The normalized spacial score (nSPS) is 30.4. The molecular formula is C22H24O13. The van der Waals surface area contributed by atoms with Gasteiger partial charge in [-0.25, -0.2) is 0 Å². The monoisotopic (exact) mass is 496 g/mol. The summed E-state index contributed by atoms with van der Waals surface area (Å²) in [5, 5.41) is 80.2. The molecule has 35 heavy (non-hydrogen) atoms. The molecule has 13 nitrogen and oxygen atoms in total. The van der Waals surface area contributed by atoms with Crippen molar-refractivity contribution in [2.45, 2.75) is 42.9 Å². The summed E-state index contributed by atoms with van der Waals surface area (Å²) < 4.78 is 21.8. The van der Waals surface area contributed by atoms with Gasteiger partial charge in [0.05, 0.1) is 13.7 Å². The lowest BCUT2D eigenvalue weighted by atomic mass is 9.91. The van der Waals surface area contributed by atoms with Gasteiger partial charge in [0.15, 0.2) is 41.5 Å². The largest absolute Gasteiger partial charge is 0.504 e. The van der Waals surface area contributed by atoms with E-state index < -0.39 is 89.6 Å². The summed E-state index contributed by atoms with van der Waals surface area (Å²) in [5.41, 5.74) is -0.308. The quantitative estimate of drug-likeness (QED) is 0.234. The zero-order valence-electron chi connectivity index (χ0n) is 18.2. The molecule has 8 N–H and O–H groups in total. The highest BCUT2D eigenvalue weighted by Gasteiger charge is 2.49. The average molecular weight is 496 g/mol. The van der Waals surface area contributed by atoms with Gasteiger partial charge in [-0.1, -0.05) is 6.07 Å². The number of aliphatic hydroxyl groups excluding tert-OH is 4. The van der Waals surface area contributed by atoms with Crippen LogP contribution in [-0.4, -0.2) is 97.2 Å². The summed E-state index contributed by atoms with van der Waals surface area (Å²) in [4.78, 5) is 13.5. The first kappa shape index (κ1) is 24.8. The SMILES string of the molecule is COc1c(O)cc2c(c1O)C(=O)C(O[C@@H]1O[C@H](CO)[C@@H](O)[C@H](O)[C@H]1O)C(c1ccc(O)c(O)c1)O2. The van der Waals surface area contributed by atoms with Crippen LogP contribution in [0.15, 0.2) is 24.3 Å². The number of fused-ring (bicyclic) bond motifs is 1. The van der Waals surface area contributed by atoms with Gasteiger partial charge < -0.3 is 59.8 Å². The molecule has 4 rings (SSSR count). The number of aliphatic hydroxyl groups is 4. The number of ether oxygens (including phenoxy) is 4. The molecule has 1 saturated heterocycles. The molecule has 0 radical (unpaired) electrons. The molecule has 2 aliphatic heterocycles. The minimum atomic E-state index is -1.85. The van der Waals surface area contributed by atoms with Crippen LogP contribution in [0.3, 0.4) is 0 Å². The Morgan fingerprint density at radius 2 is 1.66 bits per heavy atom. The van der Waals surface area contributed by atoms with E-state index >= 15 is 0 Å². The molecule has 2 unspecified atom stereocenters. The molecule has 0 amide bonds. The minimum Gasteiger partial charge on any atom is -0.504 e. The number of Topliss-reactive ketones (excluding diaryl/α,β-unsaturated/α-hetero) is 1. The zero-order chi connectivity index (χ0) is 25.6. The van der Waals surface area contributed by atoms with Crippen molar-refractivity contribution in [2.24, 2.45) is 0 Å². The molecule has 2 aromatic rings. The molecule has 13 heteroatoms. The maximum absolute atomic E-state index is 13.5. The maximum atomic E-state index is 13.5. The van der Waals surface area contributed by atoms with E-state index in [0.29, 0.717) is 0 Å². The van der Waals surface area contributed by atoms with Crippen LogP contribution in [0.2, 0.25) is 0 Å². The van der Waals surface area contributed by atoms with Gasteiger partial charge in [0.1, 0.15) is 35.7 Å². The molecule has 190 valence electrons. The van der Waals surface area contributed by atoms with Crippen molar-refractivity contribution in [3.8, 4) is 34.5 Å². The lowest BCUT2D eigenvalue weighted by Crippen LogP contribution is -2.60. The van der Waals surface area contributed by atoms with Crippen LogP contribution >= 0.6 is 0 Å². The van der Waals surface area contributed by atoms with E-state index in [1.807, 2.05) is 0 Å². The van der Waals surface area contributed by atoms with Gasteiger partial charge in [0, 0.05) is 6.07 Å². The molecule has 2 heterocycles. The number of rotatable bonds is 5. The predicted octanol–water partition coefficient (Wildman–Crippen LogP) is -0.981. The van der Waals surface area contributed by atoms with Gasteiger partial charge in [0.2, 0.25) is 11.5 Å². The molecular weight excluding hydrogens is 472 g/mol. The second-order valence-corrected chi connectivity index (χ2v) is 8.06. The molecule has 7 atom stereocenters. The van der Waals surface area contributed by atoms with Gasteiger partial charge in [-0.15, -0.1) is 0 Å². The smallest absolute Gasteiger partial charge is 0.203 e. The lowest BCUT2D eigenvalue weighted by molar-refractivity contribution is -0.311. The number of aromatic hydroxyl groups is 4. The summed E-state index contributed by atoms with van der Waals surface area (Å²) in [6, 6.07) is 4.56. The fraction of sp³-hybridized carbons (Fsp3) is 0.409. The first-order chi connectivity index (χ1) is 16.6. The van der Waals surface area contributed by atoms with Gasteiger partial charge in [-0.05, 0) is 17.7 Å². The highest BCUT2D eigenvalue weighted by molar-refractivity contribution is 6.06. The zero-order valence-corrected chi connectivity index (χ0v) is 18.2. The van der Waals surface area contributed by atoms with Gasteiger partial charge >= 0.3 is 0 Å².